The van der Waals surface area contributed by atoms with Crippen molar-refractivity contribution in [2.45, 2.75) is 6.42 Å². The Kier molecular flexibility index (Phi) is 3.58. The molecule has 1 aromatic heterocycles. The van der Waals surface area contributed by atoms with E-state index in [9.17, 15) is 9.59 Å². The lowest BCUT2D eigenvalue weighted by molar-refractivity contribution is 0.0892. The van der Waals surface area contributed by atoms with Gasteiger partial charge in [-0.3, -0.25) is 9.59 Å². The van der Waals surface area contributed by atoms with E-state index >= 15 is 0 Å². The van der Waals surface area contributed by atoms with Crippen molar-refractivity contribution in [1.29, 1.82) is 0 Å². The van der Waals surface area contributed by atoms with Crippen LogP contribution in [0.1, 0.15) is 27.3 Å². The van der Waals surface area contributed by atoms with Crippen molar-refractivity contribution in [3.8, 4) is 0 Å². The Bertz CT molecular complexity index is 605. The molecule has 0 spiro atoms. The Morgan fingerprint density at radius 2 is 2.00 bits per heavy atom. The van der Waals surface area contributed by atoms with E-state index in [0.717, 1.165) is 0 Å². The molecule has 0 amide bonds. The molecular weight excluding hydrogens is 252 g/mol. The summed E-state index contributed by atoms with van der Waals surface area (Å²) in [4.78, 5) is 27.6. The van der Waals surface area contributed by atoms with Crippen LogP contribution in [-0.4, -0.2) is 21.1 Å². The summed E-state index contributed by atoms with van der Waals surface area (Å²) >= 11 is 5.90. The number of aromatic nitrogens is 2. The zero-order valence-electron chi connectivity index (χ0n) is 9.76. The molecule has 0 atom stereocenters. The SMILES string of the molecule is Cn1cnc(C(=O)CC(=O)c2ccccc2Cl)c1. The second-order valence-electron chi connectivity index (χ2n) is 3.93. The van der Waals surface area contributed by atoms with E-state index in [-0.39, 0.29) is 23.7 Å². The van der Waals surface area contributed by atoms with Gasteiger partial charge in [-0.2, -0.15) is 0 Å². The first-order valence-electron chi connectivity index (χ1n) is 5.37. The van der Waals surface area contributed by atoms with Crippen molar-refractivity contribution in [3.63, 3.8) is 0 Å². The lowest BCUT2D eigenvalue weighted by atomic mass is 10.0. The highest BCUT2D eigenvalue weighted by Gasteiger charge is 2.17. The number of aryl methyl sites for hydroxylation is 1. The lowest BCUT2D eigenvalue weighted by Crippen LogP contribution is -2.09. The Balaban J connectivity index is 2.13. The van der Waals surface area contributed by atoms with E-state index in [1.54, 1.807) is 42.1 Å². The molecule has 0 aliphatic rings. The second-order valence-corrected chi connectivity index (χ2v) is 4.33. The molecule has 2 aromatic rings. The molecule has 4 nitrogen and oxygen atoms in total. The molecule has 0 fully saturated rings. The van der Waals surface area contributed by atoms with Gasteiger partial charge in [0.05, 0.1) is 17.8 Å². The van der Waals surface area contributed by atoms with Crippen LogP contribution in [0.5, 0.6) is 0 Å². The van der Waals surface area contributed by atoms with Gasteiger partial charge < -0.3 is 4.57 Å². The number of imidazole rings is 1. The molecule has 0 bridgehead atoms. The third-order valence-corrected chi connectivity index (χ3v) is 2.82. The molecular formula is C13H11ClN2O2. The number of nitrogens with zero attached hydrogens (tertiary/aromatic N) is 2. The molecule has 0 N–H and O–H groups in total. The fraction of sp³-hybridized carbons (Fsp3) is 0.154. The molecule has 2 rings (SSSR count). The largest absolute Gasteiger partial charge is 0.340 e. The number of hydrogen-bond donors (Lipinski definition) is 0. The summed E-state index contributed by atoms with van der Waals surface area (Å²) < 4.78 is 1.66. The molecule has 18 heavy (non-hydrogen) atoms. The van der Waals surface area contributed by atoms with Crippen LogP contribution in [0.3, 0.4) is 0 Å². The summed E-state index contributed by atoms with van der Waals surface area (Å²) in [5, 5.41) is 0.358. The molecule has 0 unspecified atom stereocenters. The molecule has 0 aliphatic carbocycles. The van der Waals surface area contributed by atoms with Gasteiger partial charge in [-0.15, -0.1) is 0 Å². The minimum absolute atomic E-state index is 0.221. The van der Waals surface area contributed by atoms with Gasteiger partial charge in [0, 0.05) is 18.8 Å². The second kappa shape index (κ2) is 5.14. The van der Waals surface area contributed by atoms with Gasteiger partial charge in [-0.1, -0.05) is 23.7 Å². The van der Waals surface area contributed by atoms with Crippen molar-refractivity contribution in [3.05, 3.63) is 53.1 Å². The number of halogens is 1. The first-order chi connectivity index (χ1) is 8.58. The Hall–Kier alpha value is -1.94. The van der Waals surface area contributed by atoms with Gasteiger partial charge in [0.25, 0.3) is 0 Å². The first kappa shape index (κ1) is 12.5. The normalized spacial score (nSPS) is 10.3. The van der Waals surface area contributed by atoms with E-state index in [1.165, 1.54) is 6.33 Å². The molecule has 5 heteroatoms. The predicted molar refractivity (Wildman–Crippen MR) is 67.9 cm³/mol. The number of hydrogen-bond acceptors (Lipinski definition) is 3. The summed E-state index contributed by atoms with van der Waals surface area (Å²) in [5.41, 5.74) is 0.654. The molecule has 0 saturated heterocycles. The third kappa shape index (κ3) is 2.65. The standard InChI is InChI=1S/C13H11ClN2O2/c1-16-7-11(15-8-16)13(18)6-12(17)9-4-2-3-5-10(9)14/h2-5,7-8H,6H2,1H3. The summed E-state index contributed by atoms with van der Waals surface area (Å²) in [6, 6.07) is 6.68. The Morgan fingerprint density at radius 1 is 1.28 bits per heavy atom. The molecule has 92 valence electrons. The number of benzene rings is 1. The fourth-order valence-corrected chi connectivity index (χ4v) is 1.82. The monoisotopic (exact) mass is 262 g/mol. The van der Waals surface area contributed by atoms with Crippen molar-refractivity contribution >= 4 is 23.2 Å². The van der Waals surface area contributed by atoms with E-state index < -0.39 is 0 Å². The Morgan fingerprint density at radius 3 is 2.61 bits per heavy atom. The highest BCUT2D eigenvalue weighted by Crippen LogP contribution is 2.17. The zero-order chi connectivity index (χ0) is 13.1. The Labute approximate surface area is 109 Å². The van der Waals surface area contributed by atoms with Gasteiger partial charge in [0.2, 0.25) is 0 Å². The lowest BCUT2D eigenvalue weighted by Gasteiger charge is -2.01. The van der Waals surface area contributed by atoms with Crippen LogP contribution in [0.15, 0.2) is 36.8 Å². The summed E-state index contributed by atoms with van der Waals surface area (Å²) in [7, 11) is 1.76. The molecule has 0 saturated carbocycles. The number of ketones is 2. The number of carbonyl (C=O) groups excluding carboxylic acids is 2. The van der Waals surface area contributed by atoms with E-state index in [1.807, 2.05) is 0 Å². The number of carbonyl (C=O) groups is 2. The minimum atomic E-state index is -0.305. The summed E-state index contributed by atoms with van der Waals surface area (Å²) in [6.45, 7) is 0. The van der Waals surface area contributed by atoms with Crippen LogP contribution < -0.4 is 0 Å². The van der Waals surface area contributed by atoms with Crippen LogP contribution in [0.2, 0.25) is 5.02 Å². The van der Waals surface area contributed by atoms with Gasteiger partial charge in [-0.05, 0) is 12.1 Å². The molecule has 1 heterocycles. The van der Waals surface area contributed by atoms with Crippen molar-refractivity contribution < 1.29 is 9.59 Å². The predicted octanol–water partition coefficient (Wildman–Crippen LogP) is 2.53. The van der Waals surface area contributed by atoms with Crippen molar-refractivity contribution in [1.82, 2.24) is 9.55 Å². The molecule has 1 aromatic carbocycles. The van der Waals surface area contributed by atoms with Crippen molar-refractivity contribution in [2.75, 3.05) is 0 Å². The average molecular weight is 263 g/mol. The average Bonchev–Trinajstić information content (AvgIpc) is 2.76. The fourth-order valence-electron chi connectivity index (χ4n) is 1.58. The van der Waals surface area contributed by atoms with Crippen LogP contribution >= 0.6 is 11.6 Å². The van der Waals surface area contributed by atoms with Gasteiger partial charge in [0.15, 0.2) is 11.6 Å². The molecule has 0 aliphatic heterocycles. The van der Waals surface area contributed by atoms with Crippen LogP contribution in [0, 0.1) is 0 Å². The highest BCUT2D eigenvalue weighted by molar-refractivity contribution is 6.34. The molecule has 0 radical (unpaired) electrons. The van der Waals surface area contributed by atoms with Gasteiger partial charge in [-0.25, -0.2) is 4.98 Å². The van der Waals surface area contributed by atoms with Crippen LogP contribution in [-0.2, 0) is 7.05 Å². The number of rotatable bonds is 4. The van der Waals surface area contributed by atoms with E-state index in [0.29, 0.717) is 10.6 Å². The van der Waals surface area contributed by atoms with Crippen LogP contribution in [0.4, 0.5) is 0 Å². The maximum Gasteiger partial charge on any atom is 0.190 e. The zero-order valence-corrected chi connectivity index (χ0v) is 10.5. The maximum absolute atomic E-state index is 11.9. The quantitative estimate of drug-likeness (QED) is 0.628. The first-order valence-corrected chi connectivity index (χ1v) is 5.74. The third-order valence-electron chi connectivity index (χ3n) is 2.49. The smallest absolute Gasteiger partial charge is 0.190 e. The summed E-state index contributed by atoms with van der Waals surface area (Å²) in [6.07, 6.45) is 2.89. The van der Waals surface area contributed by atoms with E-state index in [2.05, 4.69) is 4.98 Å². The van der Waals surface area contributed by atoms with Gasteiger partial charge >= 0.3 is 0 Å². The highest BCUT2D eigenvalue weighted by atomic mass is 35.5. The number of Topliss-reactive ketones (excluding diaryl/α,β-unsaturated/α-hetero) is 2. The topological polar surface area (TPSA) is 52.0 Å². The maximum atomic E-state index is 11.9. The van der Waals surface area contributed by atoms with Crippen molar-refractivity contribution in [2.24, 2.45) is 7.05 Å². The van der Waals surface area contributed by atoms with E-state index in [4.69, 9.17) is 11.6 Å². The minimum Gasteiger partial charge on any atom is -0.340 e. The summed E-state index contributed by atoms with van der Waals surface area (Å²) in [5.74, 6) is -0.600. The van der Waals surface area contributed by atoms with Crippen LogP contribution in [0.25, 0.3) is 0 Å². The van der Waals surface area contributed by atoms with Gasteiger partial charge in [0.1, 0.15) is 5.69 Å².